The fourth-order valence-electron chi connectivity index (χ4n) is 3.03. The van der Waals surface area contributed by atoms with Crippen molar-refractivity contribution in [2.75, 3.05) is 0 Å². The van der Waals surface area contributed by atoms with E-state index in [0.29, 0.717) is 5.15 Å². The molecule has 2 aromatic heterocycles. The summed E-state index contributed by atoms with van der Waals surface area (Å²) in [6.07, 6.45) is 17.7. The standard InChI is InChI=1S/C24H18ClN3/c25-23-22-21(19-13-9-5-4-6-10-14-19)17-28(24(22)27-18-26-23)20-15-11-7-2-1-3-8-12-16-20/h1-18H/b2-1?,3-1?,5-4-,6-4?,7-2?,8-3?,9-5?,10-6-,11-7?,12-8?,13-9-,14-10?,15-11?,16-12?,19-13?,19-14+,20-15?,20-16?. The highest BCUT2D eigenvalue weighted by Gasteiger charge is 2.16. The van der Waals surface area contributed by atoms with Crippen molar-refractivity contribution in [3.05, 3.63) is 120 Å². The molecule has 4 heteroatoms. The Morgan fingerprint density at radius 3 is 2.21 bits per heavy atom. The Kier molecular flexibility index (Phi) is 5.46. The molecule has 2 heterocycles. The van der Waals surface area contributed by atoms with Crippen molar-refractivity contribution < 1.29 is 0 Å². The minimum absolute atomic E-state index is 0.442. The van der Waals surface area contributed by atoms with Crippen LogP contribution >= 0.6 is 11.6 Å². The Morgan fingerprint density at radius 1 is 0.750 bits per heavy atom. The molecule has 0 atom stereocenters. The van der Waals surface area contributed by atoms with Crippen molar-refractivity contribution >= 4 is 28.2 Å². The van der Waals surface area contributed by atoms with E-state index in [1.54, 1.807) is 0 Å². The smallest absolute Gasteiger partial charge is 0.150 e. The van der Waals surface area contributed by atoms with Gasteiger partial charge in [0.25, 0.3) is 0 Å². The lowest BCUT2D eigenvalue weighted by Gasteiger charge is -2.02. The molecule has 0 fully saturated rings. The van der Waals surface area contributed by atoms with Gasteiger partial charge in [0.1, 0.15) is 17.1 Å². The van der Waals surface area contributed by atoms with Gasteiger partial charge in [-0.05, 0) is 17.7 Å². The predicted molar refractivity (Wildman–Crippen MR) is 117 cm³/mol. The quantitative estimate of drug-likeness (QED) is 0.488. The van der Waals surface area contributed by atoms with Crippen LogP contribution in [0.3, 0.4) is 0 Å². The van der Waals surface area contributed by atoms with E-state index in [-0.39, 0.29) is 0 Å². The van der Waals surface area contributed by atoms with Crippen molar-refractivity contribution in [2.24, 2.45) is 0 Å². The first-order valence-electron chi connectivity index (χ1n) is 8.97. The molecule has 136 valence electrons. The van der Waals surface area contributed by atoms with Crippen LogP contribution in [0.2, 0.25) is 5.15 Å². The summed E-state index contributed by atoms with van der Waals surface area (Å²) in [5, 5.41) is 1.28. The van der Waals surface area contributed by atoms with Crippen LogP contribution in [0.4, 0.5) is 0 Å². The molecule has 0 bridgehead atoms. The number of aromatic nitrogens is 3. The first-order valence-corrected chi connectivity index (χ1v) is 9.35. The van der Waals surface area contributed by atoms with Gasteiger partial charge in [-0.3, -0.25) is 0 Å². The van der Waals surface area contributed by atoms with E-state index in [1.165, 1.54) is 6.33 Å². The molecule has 4 rings (SSSR count). The van der Waals surface area contributed by atoms with Crippen LogP contribution in [0.15, 0.2) is 110 Å². The van der Waals surface area contributed by atoms with Gasteiger partial charge in [0, 0.05) is 17.4 Å². The third kappa shape index (κ3) is 3.80. The van der Waals surface area contributed by atoms with Gasteiger partial charge in [-0.15, -0.1) is 0 Å². The van der Waals surface area contributed by atoms with Gasteiger partial charge in [-0.2, -0.15) is 0 Å². The first kappa shape index (κ1) is 18.0. The number of rotatable bonds is 2. The number of hydrogen-bond acceptors (Lipinski definition) is 2. The highest BCUT2D eigenvalue weighted by Crippen LogP contribution is 2.33. The minimum atomic E-state index is 0.442. The summed E-state index contributed by atoms with van der Waals surface area (Å²) >= 11 is 6.49. The highest BCUT2D eigenvalue weighted by atomic mass is 35.5. The lowest BCUT2D eigenvalue weighted by molar-refractivity contribution is 1.08. The van der Waals surface area contributed by atoms with E-state index in [4.69, 9.17) is 11.6 Å². The fourth-order valence-corrected chi connectivity index (χ4v) is 3.26. The lowest BCUT2D eigenvalue weighted by atomic mass is 10.0. The van der Waals surface area contributed by atoms with E-state index in [2.05, 4.69) is 28.3 Å². The average Bonchev–Trinajstić information content (AvgIpc) is 3.07. The van der Waals surface area contributed by atoms with Crippen LogP contribution in [0, 0.1) is 0 Å². The molecule has 3 aromatic rings. The largest absolute Gasteiger partial charge is 0.301 e. The molecule has 28 heavy (non-hydrogen) atoms. The molecule has 1 aliphatic carbocycles. The Balaban J connectivity index is 1.99. The highest BCUT2D eigenvalue weighted by molar-refractivity contribution is 6.34. The molecular formula is C24H18ClN3. The molecule has 0 radical (unpaired) electrons. The zero-order valence-electron chi connectivity index (χ0n) is 15.1. The molecule has 0 amide bonds. The minimum Gasteiger partial charge on any atom is -0.301 e. The average molecular weight is 384 g/mol. The SMILES string of the molecule is Clc1ncnc2c1c(C1=C/C=C\C=C/C=C\1)cn2-c1ccccccccc1. The number of halogens is 1. The molecule has 0 unspecified atom stereocenters. The molecule has 1 aromatic carbocycles. The molecule has 3 nitrogen and oxygen atoms in total. The van der Waals surface area contributed by atoms with Crippen LogP contribution in [0.25, 0.3) is 22.3 Å². The summed E-state index contributed by atoms with van der Waals surface area (Å²) < 4.78 is 2.05. The summed E-state index contributed by atoms with van der Waals surface area (Å²) in [6.45, 7) is 0. The van der Waals surface area contributed by atoms with Gasteiger partial charge < -0.3 is 4.57 Å². The van der Waals surface area contributed by atoms with Crippen molar-refractivity contribution in [2.45, 2.75) is 0 Å². The van der Waals surface area contributed by atoms with Gasteiger partial charge in [0.2, 0.25) is 0 Å². The van der Waals surface area contributed by atoms with Crippen molar-refractivity contribution in [1.82, 2.24) is 14.5 Å². The van der Waals surface area contributed by atoms with Crippen LogP contribution < -0.4 is 0 Å². The van der Waals surface area contributed by atoms with Gasteiger partial charge in [0.05, 0.1) is 5.39 Å². The van der Waals surface area contributed by atoms with Crippen LogP contribution in [0.1, 0.15) is 5.56 Å². The summed E-state index contributed by atoms with van der Waals surface area (Å²) in [7, 11) is 0. The van der Waals surface area contributed by atoms with Crippen molar-refractivity contribution in [1.29, 1.82) is 0 Å². The molecule has 0 spiro atoms. The van der Waals surface area contributed by atoms with E-state index in [0.717, 1.165) is 27.9 Å². The number of allylic oxidation sites excluding steroid dienone is 8. The van der Waals surface area contributed by atoms with Gasteiger partial charge in [-0.25, -0.2) is 9.97 Å². The molecule has 0 aliphatic heterocycles. The van der Waals surface area contributed by atoms with Gasteiger partial charge in [-0.1, -0.05) is 96.6 Å². The van der Waals surface area contributed by atoms with Gasteiger partial charge in [0.15, 0.2) is 0 Å². The van der Waals surface area contributed by atoms with Gasteiger partial charge >= 0.3 is 0 Å². The molecule has 1 aliphatic rings. The Morgan fingerprint density at radius 2 is 1.43 bits per heavy atom. The second kappa shape index (κ2) is 8.51. The normalized spacial score (nSPS) is 18.2. The lowest BCUT2D eigenvalue weighted by Crippen LogP contribution is -1.93. The monoisotopic (exact) mass is 383 g/mol. The Labute approximate surface area is 169 Å². The summed E-state index contributed by atoms with van der Waals surface area (Å²) in [5.74, 6) is 0. The molecule has 0 saturated heterocycles. The van der Waals surface area contributed by atoms with E-state index >= 15 is 0 Å². The zero-order valence-corrected chi connectivity index (χ0v) is 15.9. The van der Waals surface area contributed by atoms with E-state index < -0.39 is 0 Å². The molecular weight excluding hydrogens is 366 g/mol. The third-order valence-electron chi connectivity index (χ3n) is 4.32. The summed E-state index contributed by atoms with van der Waals surface area (Å²) in [4.78, 5) is 8.73. The first-order chi connectivity index (χ1) is 13.8. The second-order valence-corrected chi connectivity index (χ2v) is 6.49. The summed E-state index contributed by atoms with van der Waals surface area (Å²) in [6, 6.07) is 18.1. The zero-order chi connectivity index (χ0) is 19.2. The molecule has 0 saturated carbocycles. The van der Waals surface area contributed by atoms with Crippen molar-refractivity contribution in [3.8, 4) is 5.69 Å². The maximum Gasteiger partial charge on any atom is 0.150 e. The second-order valence-electron chi connectivity index (χ2n) is 6.13. The number of hydrogen-bond donors (Lipinski definition) is 0. The van der Waals surface area contributed by atoms with Crippen LogP contribution in [0.5, 0.6) is 0 Å². The summed E-state index contributed by atoms with van der Waals surface area (Å²) in [5.41, 5.74) is 3.78. The Bertz CT molecular complexity index is 1160. The molecule has 0 N–H and O–H groups in total. The third-order valence-corrected chi connectivity index (χ3v) is 4.61. The topological polar surface area (TPSA) is 30.7 Å². The fraction of sp³-hybridized carbons (Fsp3) is 0. The number of nitrogens with zero attached hydrogens (tertiary/aromatic N) is 3. The maximum atomic E-state index is 6.49. The van der Waals surface area contributed by atoms with Crippen LogP contribution in [-0.4, -0.2) is 14.5 Å². The Hall–Kier alpha value is -3.43. The van der Waals surface area contributed by atoms with Crippen LogP contribution in [-0.2, 0) is 0 Å². The number of fused-ring (bicyclic) bond motifs is 1. The van der Waals surface area contributed by atoms with E-state index in [9.17, 15) is 0 Å². The maximum absolute atomic E-state index is 6.49. The van der Waals surface area contributed by atoms with Crippen molar-refractivity contribution in [3.63, 3.8) is 0 Å². The predicted octanol–water partition coefficient (Wildman–Crippen LogP) is 6.26. The van der Waals surface area contributed by atoms with E-state index in [1.807, 2.05) is 89.5 Å².